The maximum atomic E-state index is 11.8. The lowest BCUT2D eigenvalue weighted by molar-refractivity contribution is 0.0922. The zero-order chi connectivity index (χ0) is 13.7. The SMILES string of the molecule is Cc1ccccc1OC[C@H](C)NC(=O)c1ccc[nH]1. The van der Waals surface area contributed by atoms with Crippen LogP contribution in [0.15, 0.2) is 42.6 Å². The Hall–Kier alpha value is -2.23. The number of nitrogens with one attached hydrogen (secondary N) is 2. The molecule has 4 nitrogen and oxygen atoms in total. The fraction of sp³-hybridized carbons (Fsp3) is 0.267. The van der Waals surface area contributed by atoms with E-state index >= 15 is 0 Å². The third kappa shape index (κ3) is 3.61. The van der Waals surface area contributed by atoms with Gasteiger partial charge >= 0.3 is 0 Å². The van der Waals surface area contributed by atoms with E-state index in [2.05, 4.69) is 10.3 Å². The topological polar surface area (TPSA) is 54.1 Å². The van der Waals surface area contributed by atoms with Crippen LogP contribution in [-0.4, -0.2) is 23.5 Å². The van der Waals surface area contributed by atoms with Crippen LogP contribution in [0.2, 0.25) is 0 Å². The number of hydrogen-bond acceptors (Lipinski definition) is 2. The Bertz CT molecular complexity index is 535. The lowest BCUT2D eigenvalue weighted by Crippen LogP contribution is -2.37. The second-order valence-electron chi connectivity index (χ2n) is 4.53. The molecule has 0 bridgehead atoms. The first-order valence-corrected chi connectivity index (χ1v) is 6.29. The summed E-state index contributed by atoms with van der Waals surface area (Å²) in [4.78, 5) is 14.7. The van der Waals surface area contributed by atoms with E-state index in [9.17, 15) is 4.79 Å². The molecule has 0 aliphatic heterocycles. The molecule has 0 aliphatic carbocycles. The van der Waals surface area contributed by atoms with Crippen LogP contribution in [0.25, 0.3) is 0 Å². The van der Waals surface area contributed by atoms with Gasteiger partial charge in [0.15, 0.2) is 0 Å². The molecule has 1 aromatic carbocycles. The summed E-state index contributed by atoms with van der Waals surface area (Å²) < 4.78 is 5.69. The van der Waals surface area contributed by atoms with Gasteiger partial charge in [-0.3, -0.25) is 4.79 Å². The van der Waals surface area contributed by atoms with Gasteiger partial charge in [-0.25, -0.2) is 0 Å². The molecule has 2 aromatic rings. The predicted octanol–water partition coefficient (Wildman–Crippen LogP) is 2.52. The van der Waals surface area contributed by atoms with Gasteiger partial charge in [-0.15, -0.1) is 0 Å². The molecule has 0 aliphatic rings. The van der Waals surface area contributed by atoms with Crippen LogP contribution in [0, 0.1) is 6.92 Å². The van der Waals surface area contributed by atoms with Gasteiger partial charge in [-0.1, -0.05) is 18.2 Å². The summed E-state index contributed by atoms with van der Waals surface area (Å²) in [6.45, 7) is 4.36. The molecule has 2 rings (SSSR count). The van der Waals surface area contributed by atoms with Crippen molar-refractivity contribution in [1.29, 1.82) is 0 Å². The zero-order valence-corrected chi connectivity index (χ0v) is 11.1. The van der Waals surface area contributed by atoms with Crippen LogP contribution in [0.4, 0.5) is 0 Å². The minimum atomic E-state index is -0.120. The summed E-state index contributed by atoms with van der Waals surface area (Å²) in [7, 11) is 0. The average molecular weight is 258 g/mol. The molecule has 0 saturated heterocycles. The number of amides is 1. The lowest BCUT2D eigenvalue weighted by Gasteiger charge is -2.15. The van der Waals surface area contributed by atoms with E-state index in [1.54, 1.807) is 18.3 Å². The Morgan fingerprint density at radius 1 is 1.32 bits per heavy atom. The van der Waals surface area contributed by atoms with E-state index < -0.39 is 0 Å². The summed E-state index contributed by atoms with van der Waals surface area (Å²) in [6.07, 6.45) is 1.73. The molecule has 1 atom stereocenters. The molecule has 4 heteroatoms. The first-order chi connectivity index (χ1) is 9.16. The summed E-state index contributed by atoms with van der Waals surface area (Å²) in [5, 5.41) is 2.88. The van der Waals surface area contributed by atoms with Gasteiger partial charge in [0.25, 0.3) is 5.91 Å². The Morgan fingerprint density at radius 3 is 2.79 bits per heavy atom. The number of rotatable bonds is 5. The van der Waals surface area contributed by atoms with E-state index in [4.69, 9.17) is 4.74 Å². The number of hydrogen-bond donors (Lipinski definition) is 2. The third-order valence-electron chi connectivity index (χ3n) is 2.80. The lowest BCUT2D eigenvalue weighted by atomic mass is 10.2. The number of carbonyl (C=O) groups is 1. The van der Waals surface area contributed by atoms with Gasteiger partial charge in [-0.05, 0) is 37.6 Å². The molecule has 19 heavy (non-hydrogen) atoms. The molecule has 1 heterocycles. The molecule has 0 saturated carbocycles. The number of aromatic nitrogens is 1. The molecule has 1 aromatic heterocycles. The first-order valence-electron chi connectivity index (χ1n) is 6.29. The van der Waals surface area contributed by atoms with Crippen molar-refractivity contribution in [1.82, 2.24) is 10.3 Å². The maximum absolute atomic E-state index is 11.8. The van der Waals surface area contributed by atoms with Crippen LogP contribution < -0.4 is 10.1 Å². The molecular formula is C15H18N2O2. The van der Waals surface area contributed by atoms with Crippen molar-refractivity contribution in [3.05, 3.63) is 53.9 Å². The van der Waals surface area contributed by atoms with Crippen LogP contribution in [0.5, 0.6) is 5.75 Å². The van der Waals surface area contributed by atoms with Crippen molar-refractivity contribution >= 4 is 5.91 Å². The Labute approximate surface area is 112 Å². The van der Waals surface area contributed by atoms with Crippen molar-refractivity contribution in [2.45, 2.75) is 19.9 Å². The highest BCUT2D eigenvalue weighted by Crippen LogP contribution is 2.16. The predicted molar refractivity (Wildman–Crippen MR) is 74.4 cm³/mol. The number of aromatic amines is 1. The van der Waals surface area contributed by atoms with Crippen molar-refractivity contribution < 1.29 is 9.53 Å². The van der Waals surface area contributed by atoms with E-state index in [1.165, 1.54) is 0 Å². The molecule has 2 N–H and O–H groups in total. The molecule has 0 fully saturated rings. The number of benzene rings is 1. The third-order valence-corrected chi connectivity index (χ3v) is 2.80. The van der Waals surface area contributed by atoms with E-state index in [0.717, 1.165) is 11.3 Å². The average Bonchev–Trinajstić information content (AvgIpc) is 2.91. The summed E-state index contributed by atoms with van der Waals surface area (Å²) >= 11 is 0. The standard InChI is InChI=1S/C15H18N2O2/c1-11-6-3-4-8-14(11)19-10-12(2)17-15(18)13-7-5-9-16-13/h3-9,12,16H,10H2,1-2H3,(H,17,18)/t12-/m0/s1. The van der Waals surface area contributed by atoms with E-state index in [-0.39, 0.29) is 11.9 Å². The number of aryl methyl sites for hydroxylation is 1. The van der Waals surface area contributed by atoms with E-state index in [0.29, 0.717) is 12.3 Å². The number of para-hydroxylation sites is 1. The second kappa shape index (κ2) is 6.09. The minimum absolute atomic E-state index is 0.0598. The highest BCUT2D eigenvalue weighted by molar-refractivity contribution is 5.92. The number of carbonyl (C=O) groups excluding carboxylic acids is 1. The summed E-state index contributed by atoms with van der Waals surface area (Å²) in [5.74, 6) is 0.731. The van der Waals surface area contributed by atoms with E-state index in [1.807, 2.05) is 38.1 Å². The van der Waals surface area contributed by atoms with Crippen molar-refractivity contribution in [3.8, 4) is 5.75 Å². The van der Waals surface area contributed by atoms with Crippen molar-refractivity contribution in [2.24, 2.45) is 0 Å². The van der Waals surface area contributed by atoms with Gasteiger partial charge in [-0.2, -0.15) is 0 Å². The van der Waals surface area contributed by atoms with Crippen LogP contribution in [0.3, 0.4) is 0 Å². The van der Waals surface area contributed by atoms with Gasteiger partial charge in [0, 0.05) is 6.20 Å². The van der Waals surface area contributed by atoms with Gasteiger partial charge in [0.2, 0.25) is 0 Å². The number of H-pyrrole nitrogens is 1. The summed E-state index contributed by atoms with van der Waals surface area (Å²) in [6, 6.07) is 11.3. The Kier molecular flexibility index (Phi) is 4.23. The number of ether oxygens (including phenoxy) is 1. The van der Waals surface area contributed by atoms with Crippen molar-refractivity contribution in [3.63, 3.8) is 0 Å². The quantitative estimate of drug-likeness (QED) is 0.865. The van der Waals surface area contributed by atoms with Crippen LogP contribution >= 0.6 is 0 Å². The zero-order valence-electron chi connectivity index (χ0n) is 11.1. The second-order valence-corrected chi connectivity index (χ2v) is 4.53. The van der Waals surface area contributed by atoms with Gasteiger partial charge < -0.3 is 15.0 Å². The fourth-order valence-corrected chi connectivity index (χ4v) is 1.75. The Balaban J connectivity index is 1.84. The highest BCUT2D eigenvalue weighted by Gasteiger charge is 2.11. The van der Waals surface area contributed by atoms with Crippen LogP contribution in [0.1, 0.15) is 23.0 Å². The minimum Gasteiger partial charge on any atom is -0.491 e. The van der Waals surface area contributed by atoms with Gasteiger partial charge in [0.1, 0.15) is 18.1 Å². The Morgan fingerprint density at radius 2 is 2.11 bits per heavy atom. The smallest absolute Gasteiger partial charge is 0.268 e. The maximum Gasteiger partial charge on any atom is 0.268 e. The molecule has 1 amide bonds. The molecule has 0 radical (unpaired) electrons. The first kappa shape index (κ1) is 13.2. The normalized spacial score (nSPS) is 11.9. The molecule has 0 unspecified atom stereocenters. The van der Waals surface area contributed by atoms with Gasteiger partial charge in [0.05, 0.1) is 6.04 Å². The van der Waals surface area contributed by atoms with Crippen LogP contribution in [-0.2, 0) is 0 Å². The molecular weight excluding hydrogens is 240 g/mol. The summed E-state index contributed by atoms with van der Waals surface area (Å²) in [5.41, 5.74) is 1.65. The highest BCUT2D eigenvalue weighted by atomic mass is 16.5. The van der Waals surface area contributed by atoms with Crippen molar-refractivity contribution in [2.75, 3.05) is 6.61 Å². The monoisotopic (exact) mass is 258 g/mol. The fourth-order valence-electron chi connectivity index (χ4n) is 1.75. The molecule has 100 valence electrons. The molecule has 0 spiro atoms. The largest absolute Gasteiger partial charge is 0.491 e.